The lowest BCUT2D eigenvalue weighted by Gasteiger charge is -2.27. The van der Waals surface area contributed by atoms with Gasteiger partial charge in [0.25, 0.3) is 5.69 Å². The zero-order valence-electron chi connectivity index (χ0n) is 26.5. The van der Waals surface area contributed by atoms with Crippen molar-refractivity contribution < 1.29 is 28.7 Å². The predicted molar refractivity (Wildman–Crippen MR) is 178 cm³/mol. The first-order valence-electron chi connectivity index (χ1n) is 15.2. The summed E-state index contributed by atoms with van der Waals surface area (Å²) >= 11 is 0. The van der Waals surface area contributed by atoms with E-state index in [4.69, 9.17) is 23.9 Å². The quantitative estimate of drug-likeness (QED) is 0.131. The molecule has 5 rings (SSSR count). The first-order chi connectivity index (χ1) is 22.6. The van der Waals surface area contributed by atoms with Gasteiger partial charge in [-0.1, -0.05) is 30.4 Å². The van der Waals surface area contributed by atoms with Gasteiger partial charge in [0.15, 0.2) is 0 Å². The van der Waals surface area contributed by atoms with Crippen molar-refractivity contribution in [3.8, 4) is 17.0 Å². The van der Waals surface area contributed by atoms with Crippen LogP contribution in [0.15, 0.2) is 91.1 Å². The summed E-state index contributed by atoms with van der Waals surface area (Å²) in [6.07, 6.45) is 4.94. The minimum Gasteiger partial charge on any atom is -0.491 e. The molecule has 1 aromatic heterocycles. The van der Waals surface area contributed by atoms with Crippen LogP contribution in [0.1, 0.15) is 31.9 Å². The molecule has 47 heavy (non-hydrogen) atoms. The second kappa shape index (κ2) is 15.3. The molecule has 3 aromatic carbocycles. The minimum atomic E-state index is -0.741. The Morgan fingerprint density at radius 1 is 1.00 bits per heavy atom. The third-order valence-electron chi connectivity index (χ3n) is 6.87. The number of nitrogens with zero attached hydrogens (tertiary/aromatic N) is 4. The van der Waals surface area contributed by atoms with Crippen LogP contribution < -0.4 is 15.0 Å². The van der Waals surface area contributed by atoms with Crippen molar-refractivity contribution in [1.82, 2.24) is 9.97 Å². The van der Waals surface area contributed by atoms with Gasteiger partial charge in [0, 0.05) is 40.8 Å². The van der Waals surface area contributed by atoms with Crippen molar-refractivity contribution in [2.75, 3.05) is 36.6 Å². The van der Waals surface area contributed by atoms with Crippen molar-refractivity contribution in [2.24, 2.45) is 0 Å². The Kier molecular flexibility index (Phi) is 10.8. The number of non-ortho nitro benzene ring substituents is 1. The van der Waals surface area contributed by atoms with Gasteiger partial charge in [0.2, 0.25) is 5.95 Å². The highest BCUT2D eigenvalue weighted by molar-refractivity contribution is 5.88. The number of benzene rings is 3. The zero-order chi connectivity index (χ0) is 33.2. The maximum Gasteiger partial charge on any atom is 0.414 e. The van der Waals surface area contributed by atoms with Crippen LogP contribution in [-0.4, -0.2) is 53.0 Å². The van der Waals surface area contributed by atoms with Crippen molar-refractivity contribution in [3.05, 3.63) is 112 Å². The summed E-state index contributed by atoms with van der Waals surface area (Å²) in [6, 6.07) is 21.2. The monoisotopic (exact) mass is 639 g/mol. The Balaban J connectivity index is 1.35. The van der Waals surface area contributed by atoms with Crippen LogP contribution >= 0.6 is 0 Å². The summed E-state index contributed by atoms with van der Waals surface area (Å²) < 4.78 is 23.5. The molecule has 0 saturated heterocycles. The third kappa shape index (κ3) is 9.58. The number of amides is 1. The lowest BCUT2D eigenvalue weighted by Crippen LogP contribution is -2.39. The van der Waals surface area contributed by atoms with Crippen molar-refractivity contribution >= 4 is 29.1 Å². The molecule has 2 heterocycles. The number of anilines is 3. The van der Waals surface area contributed by atoms with Gasteiger partial charge >= 0.3 is 6.09 Å². The SMILES string of the molecule is CC(C)(C)OC(=O)N(CCOc1ccc2cc1COC/C=C/COCc1cccc(c1)-c1ccnc(n1)N2)c1ccc([N+](=O)[O-])cc1. The molecule has 0 atom stereocenters. The normalized spacial score (nSPS) is 14.1. The van der Waals surface area contributed by atoms with E-state index in [9.17, 15) is 14.9 Å². The van der Waals surface area contributed by atoms with Gasteiger partial charge < -0.3 is 24.3 Å². The molecule has 1 aliphatic rings. The van der Waals surface area contributed by atoms with E-state index in [0.717, 1.165) is 28.1 Å². The minimum absolute atomic E-state index is 0.0793. The maximum atomic E-state index is 13.1. The number of fused-ring (bicyclic) bond motifs is 7. The van der Waals surface area contributed by atoms with Crippen molar-refractivity contribution in [2.45, 2.75) is 39.6 Å². The highest BCUT2D eigenvalue weighted by Gasteiger charge is 2.24. The lowest BCUT2D eigenvalue weighted by molar-refractivity contribution is -0.384. The lowest BCUT2D eigenvalue weighted by atomic mass is 10.1. The molecule has 1 N–H and O–H groups in total. The van der Waals surface area contributed by atoms with Crippen molar-refractivity contribution in [3.63, 3.8) is 0 Å². The number of nitro benzene ring substituents is 1. The summed E-state index contributed by atoms with van der Waals surface area (Å²) in [6.45, 7) is 7.08. The van der Waals surface area contributed by atoms with E-state index in [1.807, 2.05) is 54.6 Å². The number of aromatic nitrogens is 2. The molecule has 0 spiro atoms. The number of hydrogen-bond acceptors (Lipinski definition) is 10. The maximum absolute atomic E-state index is 13.1. The van der Waals surface area contributed by atoms with Crippen LogP contribution in [0.2, 0.25) is 0 Å². The van der Waals surface area contributed by atoms with Gasteiger partial charge in [-0.2, -0.15) is 0 Å². The van der Waals surface area contributed by atoms with Crippen LogP contribution in [0.3, 0.4) is 0 Å². The van der Waals surface area contributed by atoms with Crippen LogP contribution in [-0.2, 0) is 27.4 Å². The fourth-order valence-electron chi connectivity index (χ4n) is 4.70. The van der Waals surface area contributed by atoms with E-state index in [0.29, 0.717) is 37.2 Å². The van der Waals surface area contributed by atoms with Gasteiger partial charge in [0.1, 0.15) is 18.0 Å². The van der Waals surface area contributed by atoms with E-state index in [1.54, 1.807) is 27.0 Å². The van der Waals surface area contributed by atoms with Crippen LogP contribution in [0.25, 0.3) is 11.3 Å². The molecule has 1 aliphatic heterocycles. The van der Waals surface area contributed by atoms with Gasteiger partial charge in [-0.25, -0.2) is 14.8 Å². The summed E-state index contributed by atoms with van der Waals surface area (Å²) in [5.41, 5.74) is 3.91. The molecule has 0 radical (unpaired) electrons. The largest absolute Gasteiger partial charge is 0.491 e. The molecular formula is C35H37N5O7. The first kappa shape index (κ1) is 33.0. The third-order valence-corrected chi connectivity index (χ3v) is 6.87. The molecule has 12 heteroatoms. The van der Waals surface area contributed by atoms with E-state index in [2.05, 4.69) is 16.4 Å². The molecule has 0 saturated carbocycles. The Bertz CT molecular complexity index is 1720. The van der Waals surface area contributed by atoms with E-state index < -0.39 is 16.6 Å². The molecule has 0 fully saturated rings. The Morgan fingerprint density at radius 2 is 1.77 bits per heavy atom. The highest BCUT2D eigenvalue weighted by Crippen LogP contribution is 2.28. The molecule has 0 aliphatic carbocycles. The first-order valence-corrected chi connectivity index (χ1v) is 15.2. The standard InChI is InChI=1S/C35H37N5O7/c1-35(2,3)47-34(41)39(29-10-12-30(13-11-29)40(42)43)17-20-46-32-14-9-28-22-27(32)24-45-19-5-4-18-44-23-25-7-6-8-26(21-25)31-15-16-36-33(37-28)38-31/h4-16,21-22H,17-20,23-24H2,1-3H3,(H,36,37,38)/b5-4+. The summed E-state index contributed by atoms with van der Waals surface area (Å²) in [5, 5.41) is 14.4. The van der Waals surface area contributed by atoms with E-state index in [1.165, 1.54) is 29.2 Å². The van der Waals surface area contributed by atoms with Crippen LogP contribution in [0, 0.1) is 10.1 Å². The average Bonchev–Trinajstić information content (AvgIpc) is 3.04. The van der Waals surface area contributed by atoms with E-state index >= 15 is 0 Å². The summed E-state index contributed by atoms with van der Waals surface area (Å²) in [5.74, 6) is 1.00. The molecule has 4 aromatic rings. The zero-order valence-corrected chi connectivity index (χ0v) is 26.5. The number of carbonyl (C=O) groups is 1. The summed E-state index contributed by atoms with van der Waals surface area (Å²) in [7, 11) is 0. The van der Waals surface area contributed by atoms with Gasteiger partial charge in [-0.15, -0.1) is 0 Å². The van der Waals surface area contributed by atoms with Gasteiger partial charge in [0.05, 0.1) is 43.6 Å². The molecule has 6 bridgehead atoms. The molecule has 1 amide bonds. The summed E-state index contributed by atoms with van der Waals surface area (Å²) in [4.78, 5) is 34.3. The predicted octanol–water partition coefficient (Wildman–Crippen LogP) is 7.22. The Morgan fingerprint density at radius 3 is 2.51 bits per heavy atom. The highest BCUT2D eigenvalue weighted by atomic mass is 16.6. The molecule has 244 valence electrons. The smallest absolute Gasteiger partial charge is 0.414 e. The van der Waals surface area contributed by atoms with Gasteiger partial charge in [-0.05, 0) is 68.8 Å². The Hall–Kier alpha value is -5.33. The molecule has 12 nitrogen and oxygen atoms in total. The number of rotatable bonds is 6. The second-order valence-electron chi connectivity index (χ2n) is 11.7. The molecular weight excluding hydrogens is 602 g/mol. The Labute approximate surface area is 273 Å². The number of nitro groups is 1. The number of carbonyl (C=O) groups excluding carboxylic acids is 1. The fraction of sp³-hybridized carbons (Fsp3) is 0.286. The number of hydrogen-bond donors (Lipinski definition) is 1. The number of ether oxygens (including phenoxy) is 4. The van der Waals surface area contributed by atoms with Gasteiger partial charge in [-0.3, -0.25) is 15.0 Å². The van der Waals surface area contributed by atoms with Crippen molar-refractivity contribution in [1.29, 1.82) is 0 Å². The second-order valence-corrected chi connectivity index (χ2v) is 11.7. The van der Waals surface area contributed by atoms with E-state index in [-0.39, 0.29) is 25.4 Å². The van der Waals surface area contributed by atoms with Crippen LogP contribution in [0.5, 0.6) is 5.75 Å². The molecule has 0 unspecified atom stereocenters. The van der Waals surface area contributed by atoms with Crippen LogP contribution in [0.4, 0.5) is 27.8 Å². The topological polar surface area (TPSA) is 138 Å². The fourth-order valence-corrected chi connectivity index (χ4v) is 4.70. The average molecular weight is 640 g/mol. The number of nitrogens with one attached hydrogen (secondary N) is 1.